The number of halogens is 2. The van der Waals surface area contributed by atoms with E-state index in [9.17, 15) is 4.79 Å². The molecule has 0 radical (unpaired) electrons. The summed E-state index contributed by atoms with van der Waals surface area (Å²) in [6.45, 7) is 1.88. The lowest BCUT2D eigenvalue weighted by molar-refractivity contribution is -0.113. The lowest BCUT2D eigenvalue weighted by atomic mass is 10.2. The van der Waals surface area contributed by atoms with Crippen LogP contribution in [0, 0.1) is 0 Å². The van der Waals surface area contributed by atoms with Gasteiger partial charge in [0.1, 0.15) is 0 Å². The van der Waals surface area contributed by atoms with Crippen LogP contribution in [0.25, 0.3) is 11.5 Å². The number of anilines is 2. The number of rotatable bonds is 6. The van der Waals surface area contributed by atoms with Crippen molar-refractivity contribution in [2.24, 2.45) is 0 Å². The van der Waals surface area contributed by atoms with Gasteiger partial charge < -0.3 is 14.6 Å². The van der Waals surface area contributed by atoms with Crippen molar-refractivity contribution < 1.29 is 9.21 Å². The van der Waals surface area contributed by atoms with E-state index in [1.54, 1.807) is 24.3 Å². The van der Waals surface area contributed by atoms with E-state index in [0.29, 0.717) is 21.2 Å². The number of amides is 1. The highest BCUT2D eigenvalue weighted by atomic mass is 35.5. The normalized spacial score (nSPS) is 13.7. The van der Waals surface area contributed by atoms with Crippen LogP contribution in [0.2, 0.25) is 10.0 Å². The molecule has 2 aromatic carbocycles. The van der Waals surface area contributed by atoms with Crippen molar-refractivity contribution in [3.63, 3.8) is 0 Å². The maximum absolute atomic E-state index is 12.5. The molecule has 1 aliphatic rings. The molecule has 3 aromatic rings. The Kier molecular flexibility index (Phi) is 6.28. The zero-order valence-electron chi connectivity index (χ0n) is 15.4. The molecule has 1 aliphatic heterocycles. The van der Waals surface area contributed by atoms with Gasteiger partial charge in [-0.1, -0.05) is 41.0 Å². The highest BCUT2D eigenvalue weighted by Gasteiger charge is 2.20. The van der Waals surface area contributed by atoms with Crippen molar-refractivity contribution in [2.75, 3.05) is 29.1 Å². The smallest absolute Gasteiger partial charge is 0.277 e. The molecule has 6 nitrogen and oxygen atoms in total. The average Bonchev–Trinajstić information content (AvgIpc) is 3.39. The van der Waals surface area contributed by atoms with Gasteiger partial charge in [-0.05, 0) is 49.2 Å². The summed E-state index contributed by atoms with van der Waals surface area (Å²) >= 11 is 13.5. The van der Waals surface area contributed by atoms with Gasteiger partial charge in [0.05, 0.1) is 22.2 Å². The molecule has 0 unspecified atom stereocenters. The molecule has 29 heavy (non-hydrogen) atoms. The average molecular weight is 449 g/mol. The van der Waals surface area contributed by atoms with Gasteiger partial charge in [-0.15, -0.1) is 10.2 Å². The van der Waals surface area contributed by atoms with E-state index in [0.717, 1.165) is 42.9 Å². The number of para-hydroxylation sites is 1. The molecule has 0 saturated carbocycles. The minimum atomic E-state index is -0.163. The summed E-state index contributed by atoms with van der Waals surface area (Å²) in [5.74, 6) is 0.369. The molecule has 2 heterocycles. The number of aromatic nitrogens is 2. The molecule has 0 bridgehead atoms. The number of nitrogens with one attached hydrogen (secondary N) is 1. The first-order valence-electron chi connectivity index (χ1n) is 9.16. The quantitative estimate of drug-likeness (QED) is 0.510. The molecule has 150 valence electrons. The summed E-state index contributed by atoms with van der Waals surface area (Å²) in [5, 5.41) is 12.6. The molecular weight excluding hydrogens is 431 g/mol. The molecule has 0 spiro atoms. The van der Waals surface area contributed by atoms with E-state index in [2.05, 4.69) is 20.4 Å². The van der Waals surface area contributed by atoms with Gasteiger partial charge in [-0.2, -0.15) is 0 Å². The van der Waals surface area contributed by atoms with Gasteiger partial charge >= 0.3 is 0 Å². The minimum Gasteiger partial charge on any atom is -0.411 e. The third-order valence-corrected chi connectivity index (χ3v) is 5.88. The van der Waals surface area contributed by atoms with Gasteiger partial charge in [0.25, 0.3) is 5.22 Å². The topological polar surface area (TPSA) is 71.3 Å². The number of hydrogen-bond donors (Lipinski definition) is 1. The summed E-state index contributed by atoms with van der Waals surface area (Å²) in [6, 6.07) is 12.7. The summed E-state index contributed by atoms with van der Waals surface area (Å²) < 4.78 is 5.62. The summed E-state index contributed by atoms with van der Waals surface area (Å²) in [4.78, 5) is 14.7. The number of thioether (sulfide) groups is 1. The van der Waals surface area contributed by atoms with E-state index >= 15 is 0 Å². The predicted molar refractivity (Wildman–Crippen MR) is 117 cm³/mol. The number of nitrogens with zero attached hydrogens (tertiary/aromatic N) is 3. The van der Waals surface area contributed by atoms with Gasteiger partial charge in [0.15, 0.2) is 0 Å². The van der Waals surface area contributed by atoms with Crippen molar-refractivity contribution in [2.45, 2.75) is 18.1 Å². The Hall–Kier alpha value is -2.22. The van der Waals surface area contributed by atoms with Crippen LogP contribution in [0.1, 0.15) is 12.8 Å². The highest BCUT2D eigenvalue weighted by Crippen LogP contribution is 2.36. The molecule has 1 saturated heterocycles. The summed E-state index contributed by atoms with van der Waals surface area (Å²) in [5.41, 5.74) is 2.37. The van der Waals surface area contributed by atoms with Crippen LogP contribution >= 0.6 is 35.0 Å². The first-order valence-corrected chi connectivity index (χ1v) is 10.9. The molecule has 9 heteroatoms. The zero-order valence-corrected chi connectivity index (χ0v) is 17.7. The SMILES string of the molecule is O=C(CSc1nnc(-c2ccc(Cl)cc2)o1)Nc1cccc(Cl)c1N1CCCC1. The van der Waals surface area contributed by atoms with Crippen LogP contribution in [0.15, 0.2) is 52.1 Å². The molecule has 1 aromatic heterocycles. The van der Waals surface area contributed by atoms with E-state index in [1.807, 2.05) is 18.2 Å². The number of hydrogen-bond acceptors (Lipinski definition) is 6. The van der Waals surface area contributed by atoms with Crippen LogP contribution in [0.3, 0.4) is 0 Å². The lowest BCUT2D eigenvalue weighted by Crippen LogP contribution is -2.22. The van der Waals surface area contributed by atoms with Gasteiger partial charge in [-0.3, -0.25) is 4.79 Å². The van der Waals surface area contributed by atoms with E-state index in [4.69, 9.17) is 27.6 Å². The lowest BCUT2D eigenvalue weighted by Gasteiger charge is -2.22. The first kappa shape index (κ1) is 20.1. The second-order valence-corrected chi connectivity index (χ2v) is 8.32. The van der Waals surface area contributed by atoms with Crippen LogP contribution in [0.5, 0.6) is 0 Å². The third kappa shape index (κ3) is 4.86. The van der Waals surface area contributed by atoms with Crippen molar-refractivity contribution >= 4 is 52.2 Å². The third-order valence-electron chi connectivity index (χ3n) is 4.51. The zero-order chi connectivity index (χ0) is 20.2. The Morgan fingerprint density at radius 1 is 1.10 bits per heavy atom. The fourth-order valence-electron chi connectivity index (χ4n) is 3.17. The fourth-order valence-corrected chi connectivity index (χ4v) is 4.15. The molecular formula is C20H18Cl2N4O2S. The maximum Gasteiger partial charge on any atom is 0.277 e. The highest BCUT2D eigenvalue weighted by molar-refractivity contribution is 7.99. The predicted octanol–water partition coefficient (Wildman–Crippen LogP) is 5.37. The van der Waals surface area contributed by atoms with Crippen LogP contribution in [-0.2, 0) is 4.79 Å². The Labute approximate surface area is 182 Å². The summed E-state index contributed by atoms with van der Waals surface area (Å²) in [7, 11) is 0. The van der Waals surface area contributed by atoms with Crippen LogP contribution < -0.4 is 10.2 Å². The maximum atomic E-state index is 12.5. The standard InChI is InChI=1S/C20H18Cl2N4O2S/c21-14-8-6-13(7-9-14)19-24-25-20(28-19)29-12-17(27)23-16-5-3-4-15(22)18(16)26-10-1-2-11-26/h3-9H,1-2,10-12H2,(H,23,27). The number of carbonyl (C=O) groups excluding carboxylic acids is 1. The van der Waals surface area contributed by atoms with Gasteiger partial charge in [-0.25, -0.2) is 0 Å². The Balaban J connectivity index is 1.39. The van der Waals surface area contributed by atoms with Crippen LogP contribution in [0.4, 0.5) is 11.4 Å². The fraction of sp³-hybridized carbons (Fsp3) is 0.250. The van der Waals surface area contributed by atoms with E-state index in [1.165, 1.54) is 11.8 Å². The van der Waals surface area contributed by atoms with Gasteiger partial charge in [0.2, 0.25) is 11.8 Å². The second-order valence-electron chi connectivity index (χ2n) is 6.55. The van der Waals surface area contributed by atoms with Crippen molar-refractivity contribution in [3.8, 4) is 11.5 Å². The molecule has 1 fully saturated rings. The Morgan fingerprint density at radius 2 is 1.86 bits per heavy atom. The van der Waals surface area contributed by atoms with Crippen molar-refractivity contribution in [1.82, 2.24) is 10.2 Å². The molecule has 1 amide bonds. The number of benzene rings is 2. The summed E-state index contributed by atoms with van der Waals surface area (Å²) in [6.07, 6.45) is 2.25. The second kappa shape index (κ2) is 9.07. The van der Waals surface area contributed by atoms with E-state index < -0.39 is 0 Å². The molecule has 0 aliphatic carbocycles. The van der Waals surface area contributed by atoms with Crippen molar-refractivity contribution in [3.05, 3.63) is 52.5 Å². The monoisotopic (exact) mass is 448 g/mol. The largest absolute Gasteiger partial charge is 0.411 e. The minimum absolute atomic E-state index is 0.147. The Bertz CT molecular complexity index is 1000. The Morgan fingerprint density at radius 3 is 2.62 bits per heavy atom. The molecule has 0 atom stereocenters. The van der Waals surface area contributed by atoms with Gasteiger partial charge in [0, 0.05) is 23.7 Å². The van der Waals surface area contributed by atoms with Crippen LogP contribution in [-0.4, -0.2) is 34.9 Å². The first-order chi connectivity index (χ1) is 14.1. The molecule has 1 N–H and O–H groups in total. The van der Waals surface area contributed by atoms with E-state index in [-0.39, 0.29) is 11.7 Å². The van der Waals surface area contributed by atoms with Crippen molar-refractivity contribution in [1.29, 1.82) is 0 Å². The number of carbonyl (C=O) groups is 1. The molecule has 4 rings (SSSR count).